The Balaban J connectivity index is 1.67. The average Bonchev–Trinajstić information content (AvgIpc) is 3.14. The maximum Gasteiger partial charge on any atom is 0.264 e. The Hall–Kier alpha value is -3.08. The lowest BCUT2D eigenvalue weighted by Gasteiger charge is -2.32. The van der Waals surface area contributed by atoms with Crippen LogP contribution in [0, 0.1) is 6.92 Å². The second kappa shape index (κ2) is 6.58. The summed E-state index contributed by atoms with van der Waals surface area (Å²) in [6, 6.07) is 17.1. The van der Waals surface area contributed by atoms with Crippen LogP contribution in [0.5, 0.6) is 0 Å². The summed E-state index contributed by atoms with van der Waals surface area (Å²) in [5.41, 5.74) is 1.70. The van der Waals surface area contributed by atoms with Crippen molar-refractivity contribution in [3.8, 4) is 0 Å². The third-order valence-electron chi connectivity index (χ3n) is 5.47. The zero-order chi connectivity index (χ0) is 19.0. The number of hydrogen-bond acceptors (Lipinski definition) is 3. The van der Waals surface area contributed by atoms with Crippen LogP contribution in [-0.4, -0.2) is 33.9 Å². The fourth-order valence-electron chi connectivity index (χ4n) is 4.21. The van der Waals surface area contributed by atoms with Gasteiger partial charge in [-0.1, -0.05) is 42.5 Å². The molecule has 2 aromatic carbocycles. The normalized spacial score (nSPS) is 21.5. The largest absolute Gasteiger partial charge is 0.509 e. The van der Waals surface area contributed by atoms with Crippen molar-refractivity contribution >= 4 is 17.5 Å². The molecule has 2 aliphatic heterocycles. The van der Waals surface area contributed by atoms with Crippen LogP contribution < -0.4 is 5.32 Å². The van der Waals surface area contributed by atoms with Crippen molar-refractivity contribution in [3.05, 3.63) is 77.1 Å². The minimum absolute atomic E-state index is 0.0981. The molecule has 0 unspecified atom stereocenters. The molecule has 5 nitrogen and oxygen atoms in total. The molecule has 138 valence electrons. The van der Waals surface area contributed by atoms with Crippen molar-refractivity contribution in [1.29, 1.82) is 0 Å². The Morgan fingerprint density at radius 3 is 2.70 bits per heavy atom. The van der Waals surface area contributed by atoms with E-state index in [2.05, 4.69) is 5.32 Å². The third kappa shape index (κ3) is 2.89. The Morgan fingerprint density at radius 2 is 1.96 bits per heavy atom. The summed E-state index contributed by atoms with van der Waals surface area (Å²) in [5.74, 6) is -1.03. The number of rotatable bonds is 4. The third-order valence-corrected chi connectivity index (χ3v) is 5.47. The van der Waals surface area contributed by atoms with E-state index in [9.17, 15) is 14.7 Å². The van der Waals surface area contributed by atoms with Crippen LogP contribution in [-0.2, 0) is 16.0 Å². The molecule has 2 aromatic rings. The molecule has 0 spiro atoms. The van der Waals surface area contributed by atoms with Gasteiger partial charge in [-0.2, -0.15) is 0 Å². The van der Waals surface area contributed by atoms with Crippen molar-refractivity contribution in [2.45, 2.75) is 31.7 Å². The van der Waals surface area contributed by atoms with E-state index in [1.807, 2.05) is 55.5 Å². The van der Waals surface area contributed by atoms with E-state index in [1.54, 1.807) is 11.0 Å². The number of aryl methyl sites for hydroxylation is 1. The van der Waals surface area contributed by atoms with Gasteiger partial charge in [-0.05, 0) is 43.0 Å². The number of nitrogens with zero attached hydrogens (tertiary/aromatic N) is 1. The van der Waals surface area contributed by atoms with E-state index >= 15 is 0 Å². The molecule has 1 saturated heterocycles. The van der Waals surface area contributed by atoms with Gasteiger partial charge in [0.05, 0.1) is 0 Å². The van der Waals surface area contributed by atoms with Crippen LogP contribution in [0.25, 0.3) is 0 Å². The summed E-state index contributed by atoms with van der Waals surface area (Å²) in [5, 5.41) is 13.8. The highest BCUT2D eigenvalue weighted by molar-refractivity contribution is 6.25. The van der Waals surface area contributed by atoms with E-state index < -0.39 is 11.4 Å². The van der Waals surface area contributed by atoms with Crippen molar-refractivity contribution in [3.63, 3.8) is 0 Å². The number of amides is 2. The molecule has 0 saturated carbocycles. The number of hydrogen-bond donors (Lipinski definition) is 2. The van der Waals surface area contributed by atoms with Gasteiger partial charge in [-0.3, -0.25) is 9.59 Å². The molecular formula is C22H22N2O3. The number of fused-ring (bicyclic) bond motifs is 1. The summed E-state index contributed by atoms with van der Waals surface area (Å²) >= 11 is 0. The van der Waals surface area contributed by atoms with E-state index in [4.69, 9.17) is 0 Å². The maximum absolute atomic E-state index is 12.9. The summed E-state index contributed by atoms with van der Waals surface area (Å²) in [6.45, 7) is 2.48. The number of aliphatic hydroxyl groups excluding tert-OH is 1. The second-order valence-corrected chi connectivity index (χ2v) is 7.30. The quantitative estimate of drug-likeness (QED) is 0.820. The summed E-state index contributed by atoms with van der Waals surface area (Å²) in [7, 11) is 0. The molecule has 5 heteroatoms. The highest BCUT2D eigenvalue weighted by Crippen LogP contribution is 2.44. The standard InChI is InChI=1S/C22H22N2O3/c1-15-7-5-10-17(13-15)23-20(26)18-19(25)22(11-6-12-24(22)21(18)27)14-16-8-3-2-4-9-16/h2-5,7-10,13,25H,6,11-12,14H2,1H3,(H,23,26)/t22-/m1/s1. The number of aliphatic hydroxyl groups is 1. The first-order valence-electron chi connectivity index (χ1n) is 9.19. The Kier molecular flexibility index (Phi) is 4.22. The van der Waals surface area contributed by atoms with Gasteiger partial charge in [0.2, 0.25) is 0 Å². The average molecular weight is 362 g/mol. The molecule has 0 aromatic heterocycles. The molecule has 2 amide bonds. The van der Waals surface area contributed by atoms with E-state index in [-0.39, 0.29) is 17.2 Å². The summed E-state index contributed by atoms with van der Waals surface area (Å²) in [6.07, 6.45) is 1.97. The zero-order valence-electron chi connectivity index (χ0n) is 15.2. The molecule has 1 fully saturated rings. The molecule has 1 atom stereocenters. The molecule has 0 aliphatic carbocycles. The van der Waals surface area contributed by atoms with Crippen molar-refractivity contribution in [2.24, 2.45) is 0 Å². The minimum Gasteiger partial charge on any atom is -0.509 e. The van der Waals surface area contributed by atoms with Gasteiger partial charge in [0.15, 0.2) is 0 Å². The fourth-order valence-corrected chi connectivity index (χ4v) is 4.21. The Bertz CT molecular complexity index is 936. The lowest BCUT2D eigenvalue weighted by atomic mass is 9.87. The van der Waals surface area contributed by atoms with Crippen LogP contribution in [0.4, 0.5) is 5.69 Å². The van der Waals surface area contributed by atoms with Crippen LogP contribution in [0.3, 0.4) is 0 Å². The fraction of sp³-hybridized carbons (Fsp3) is 0.273. The minimum atomic E-state index is -0.808. The number of anilines is 1. The zero-order valence-corrected chi connectivity index (χ0v) is 15.2. The predicted octanol–water partition coefficient (Wildman–Crippen LogP) is 3.36. The van der Waals surface area contributed by atoms with E-state index in [1.165, 1.54) is 0 Å². The highest BCUT2D eigenvalue weighted by atomic mass is 16.3. The lowest BCUT2D eigenvalue weighted by Crippen LogP contribution is -2.45. The predicted molar refractivity (Wildman–Crippen MR) is 103 cm³/mol. The van der Waals surface area contributed by atoms with Crippen LogP contribution in [0.1, 0.15) is 24.0 Å². The van der Waals surface area contributed by atoms with Gasteiger partial charge in [0, 0.05) is 18.7 Å². The molecule has 2 heterocycles. The Morgan fingerprint density at radius 1 is 1.19 bits per heavy atom. The van der Waals surface area contributed by atoms with Gasteiger partial charge < -0.3 is 15.3 Å². The SMILES string of the molecule is Cc1cccc(NC(=O)C2=C(O)[C@]3(Cc4ccccc4)CCCN3C2=O)c1. The first-order chi connectivity index (χ1) is 13.0. The first kappa shape index (κ1) is 17.3. The Labute approximate surface area is 158 Å². The van der Waals surface area contributed by atoms with Crippen LogP contribution in [0.2, 0.25) is 0 Å². The molecule has 2 N–H and O–H groups in total. The summed E-state index contributed by atoms with van der Waals surface area (Å²) < 4.78 is 0. The van der Waals surface area contributed by atoms with Gasteiger partial charge in [0.25, 0.3) is 11.8 Å². The number of nitrogens with one attached hydrogen (secondary N) is 1. The molecule has 0 radical (unpaired) electrons. The number of carbonyl (C=O) groups is 2. The van der Waals surface area contributed by atoms with Gasteiger partial charge >= 0.3 is 0 Å². The van der Waals surface area contributed by atoms with Crippen molar-refractivity contribution in [2.75, 3.05) is 11.9 Å². The number of carbonyl (C=O) groups excluding carboxylic acids is 2. The van der Waals surface area contributed by atoms with Crippen LogP contribution >= 0.6 is 0 Å². The van der Waals surface area contributed by atoms with E-state index in [0.717, 1.165) is 17.5 Å². The number of benzene rings is 2. The molecule has 0 bridgehead atoms. The molecule has 4 rings (SSSR count). The molecular weight excluding hydrogens is 340 g/mol. The smallest absolute Gasteiger partial charge is 0.264 e. The lowest BCUT2D eigenvalue weighted by molar-refractivity contribution is -0.129. The maximum atomic E-state index is 12.9. The topological polar surface area (TPSA) is 69.6 Å². The van der Waals surface area contributed by atoms with Gasteiger partial charge in [-0.15, -0.1) is 0 Å². The second-order valence-electron chi connectivity index (χ2n) is 7.30. The summed E-state index contributed by atoms with van der Waals surface area (Å²) in [4.78, 5) is 27.4. The first-order valence-corrected chi connectivity index (χ1v) is 9.19. The monoisotopic (exact) mass is 362 g/mol. The van der Waals surface area contributed by atoms with Crippen LogP contribution in [0.15, 0.2) is 65.9 Å². The van der Waals surface area contributed by atoms with E-state index in [0.29, 0.717) is 25.1 Å². The molecule has 2 aliphatic rings. The van der Waals surface area contributed by atoms with Gasteiger partial charge in [-0.25, -0.2) is 0 Å². The van der Waals surface area contributed by atoms with Crippen molar-refractivity contribution in [1.82, 2.24) is 4.90 Å². The van der Waals surface area contributed by atoms with Crippen molar-refractivity contribution < 1.29 is 14.7 Å². The van der Waals surface area contributed by atoms with Gasteiger partial charge in [0.1, 0.15) is 16.9 Å². The highest BCUT2D eigenvalue weighted by Gasteiger charge is 2.56. The molecule has 27 heavy (non-hydrogen) atoms.